The summed E-state index contributed by atoms with van der Waals surface area (Å²) in [7, 11) is 0. The molecular formula is C19H19F2N7O2. The van der Waals surface area contributed by atoms with Crippen LogP contribution in [0.4, 0.5) is 25.0 Å². The number of aromatic nitrogens is 3. The van der Waals surface area contributed by atoms with Crippen LogP contribution < -0.4 is 10.2 Å². The monoisotopic (exact) mass is 415 g/mol. The lowest BCUT2D eigenvalue weighted by Crippen LogP contribution is -2.49. The molecule has 0 spiro atoms. The Hall–Kier alpha value is -3.55. The fourth-order valence-electron chi connectivity index (χ4n) is 3.89. The number of halogens is 2. The quantitative estimate of drug-likeness (QED) is 0.758. The van der Waals surface area contributed by atoms with Gasteiger partial charge in [-0.15, -0.1) is 0 Å². The van der Waals surface area contributed by atoms with Gasteiger partial charge in [0.15, 0.2) is 0 Å². The number of rotatable bonds is 2. The van der Waals surface area contributed by atoms with Gasteiger partial charge in [0, 0.05) is 25.1 Å². The number of anilines is 2. The molecule has 1 fully saturated rings. The van der Waals surface area contributed by atoms with Crippen LogP contribution in [0.2, 0.25) is 0 Å². The van der Waals surface area contributed by atoms with E-state index in [1.165, 1.54) is 9.80 Å². The van der Waals surface area contributed by atoms with Gasteiger partial charge in [-0.05, 0) is 13.8 Å². The van der Waals surface area contributed by atoms with Crippen molar-refractivity contribution < 1.29 is 18.4 Å². The number of carbonyl (C=O) groups excluding carboxylic acids is 2. The van der Waals surface area contributed by atoms with Crippen molar-refractivity contribution >= 4 is 23.3 Å². The highest BCUT2D eigenvalue weighted by atomic mass is 19.1. The van der Waals surface area contributed by atoms with E-state index >= 15 is 0 Å². The first-order valence-electron chi connectivity index (χ1n) is 9.45. The van der Waals surface area contributed by atoms with Gasteiger partial charge in [-0.3, -0.25) is 9.48 Å². The Labute approximate surface area is 170 Å². The van der Waals surface area contributed by atoms with Gasteiger partial charge in [-0.2, -0.15) is 24.1 Å². The van der Waals surface area contributed by atoms with Crippen molar-refractivity contribution in [1.82, 2.24) is 19.7 Å². The minimum absolute atomic E-state index is 0.0456. The highest BCUT2D eigenvalue weighted by Crippen LogP contribution is 2.35. The minimum Gasteiger partial charge on any atom is -0.314 e. The fraction of sp³-hybridized carbons (Fsp3) is 0.421. The van der Waals surface area contributed by atoms with E-state index in [0.29, 0.717) is 11.4 Å². The zero-order chi connectivity index (χ0) is 21.6. The number of nitrogens with one attached hydrogen (secondary N) is 1. The SMILES string of the molecule is C[C@H]1[C@H](C)n2ncc(N3CC(C#N)CC3=O)c2CN1C(=O)Nc1cc(F)nc(F)c1. The number of nitrogens with zero attached hydrogens (tertiary/aromatic N) is 6. The Bertz CT molecular complexity index is 1040. The molecule has 0 aromatic carbocycles. The van der Waals surface area contributed by atoms with Crippen molar-refractivity contribution in [2.24, 2.45) is 5.92 Å². The van der Waals surface area contributed by atoms with E-state index in [9.17, 15) is 18.4 Å². The predicted molar refractivity (Wildman–Crippen MR) is 101 cm³/mol. The average Bonchev–Trinajstić information content (AvgIpc) is 3.26. The maximum atomic E-state index is 13.4. The van der Waals surface area contributed by atoms with Crippen molar-refractivity contribution in [3.8, 4) is 6.07 Å². The molecule has 0 saturated carbocycles. The van der Waals surface area contributed by atoms with Gasteiger partial charge < -0.3 is 15.1 Å². The third-order valence-corrected chi connectivity index (χ3v) is 5.65. The van der Waals surface area contributed by atoms with Crippen LogP contribution in [0.1, 0.15) is 32.0 Å². The van der Waals surface area contributed by atoms with Crippen LogP contribution in [0, 0.1) is 29.1 Å². The van der Waals surface area contributed by atoms with Crippen molar-refractivity contribution in [2.45, 2.75) is 38.9 Å². The van der Waals surface area contributed by atoms with Gasteiger partial charge in [0.05, 0.1) is 53.9 Å². The number of carbonyl (C=O) groups is 2. The number of fused-ring (bicyclic) bond motifs is 1. The molecule has 3 atom stereocenters. The molecule has 4 rings (SSSR count). The summed E-state index contributed by atoms with van der Waals surface area (Å²) in [6.07, 6.45) is 1.72. The second kappa shape index (κ2) is 7.37. The third-order valence-electron chi connectivity index (χ3n) is 5.65. The lowest BCUT2D eigenvalue weighted by Gasteiger charge is -2.39. The lowest BCUT2D eigenvalue weighted by molar-refractivity contribution is -0.117. The van der Waals surface area contributed by atoms with Gasteiger partial charge in [-0.25, -0.2) is 4.79 Å². The summed E-state index contributed by atoms with van der Waals surface area (Å²) >= 11 is 0. The van der Waals surface area contributed by atoms with Crippen LogP contribution in [-0.2, 0) is 11.3 Å². The molecule has 1 saturated heterocycles. The topological polar surface area (TPSA) is 107 Å². The van der Waals surface area contributed by atoms with Crippen molar-refractivity contribution in [2.75, 3.05) is 16.8 Å². The molecule has 0 aliphatic carbocycles. The number of urea groups is 1. The van der Waals surface area contributed by atoms with Crippen molar-refractivity contribution in [3.63, 3.8) is 0 Å². The van der Waals surface area contributed by atoms with Gasteiger partial charge >= 0.3 is 6.03 Å². The fourth-order valence-corrected chi connectivity index (χ4v) is 3.89. The second-order valence-electron chi connectivity index (χ2n) is 7.50. The minimum atomic E-state index is -1.04. The van der Waals surface area contributed by atoms with Crippen LogP contribution in [0.5, 0.6) is 0 Å². The molecule has 4 heterocycles. The molecule has 0 radical (unpaired) electrons. The molecule has 2 aliphatic rings. The summed E-state index contributed by atoms with van der Waals surface area (Å²) in [6.45, 7) is 4.15. The molecule has 30 heavy (non-hydrogen) atoms. The van der Waals surface area contributed by atoms with E-state index in [2.05, 4.69) is 21.5 Å². The van der Waals surface area contributed by atoms with Gasteiger partial charge in [0.1, 0.15) is 0 Å². The van der Waals surface area contributed by atoms with Crippen LogP contribution in [0.25, 0.3) is 0 Å². The lowest BCUT2D eigenvalue weighted by atomic mass is 10.1. The first kappa shape index (κ1) is 19.8. The summed E-state index contributed by atoms with van der Waals surface area (Å²) in [5.74, 6) is -2.62. The molecule has 2 aromatic heterocycles. The van der Waals surface area contributed by atoms with E-state index in [0.717, 1.165) is 12.1 Å². The molecule has 11 heteroatoms. The van der Waals surface area contributed by atoms with Crippen LogP contribution in [-0.4, -0.2) is 44.2 Å². The Morgan fingerprint density at radius 3 is 2.60 bits per heavy atom. The molecular weight excluding hydrogens is 396 g/mol. The maximum absolute atomic E-state index is 13.4. The summed E-state index contributed by atoms with van der Waals surface area (Å²) in [5.41, 5.74) is 1.18. The van der Waals surface area contributed by atoms with Crippen LogP contribution in [0.3, 0.4) is 0 Å². The number of hydrogen-bond donors (Lipinski definition) is 1. The number of hydrogen-bond acceptors (Lipinski definition) is 5. The molecule has 1 N–H and O–H groups in total. The smallest absolute Gasteiger partial charge is 0.314 e. The standard InChI is InChI=1S/C19H19F2N7O2/c1-10-11(2)28-15(14(7-23-28)27-8-12(6-22)3-18(27)29)9-26(10)19(30)24-13-4-16(20)25-17(21)5-13/h4-5,7,10-12H,3,8-9H2,1-2H3,(H,24,25,30)/t10-,11-,12?/m0/s1. The maximum Gasteiger partial charge on any atom is 0.322 e. The number of amides is 3. The summed E-state index contributed by atoms with van der Waals surface area (Å²) < 4.78 is 28.5. The largest absolute Gasteiger partial charge is 0.322 e. The van der Waals surface area contributed by atoms with Crippen molar-refractivity contribution in [1.29, 1.82) is 5.26 Å². The Balaban J connectivity index is 1.61. The normalized spacial score (nSPS) is 23.3. The van der Waals surface area contributed by atoms with Crippen molar-refractivity contribution in [3.05, 3.63) is 35.9 Å². The molecule has 0 bridgehead atoms. The van der Waals surface area contributed by atoms with Gasteiger partial charge in [-0.1, -0.05) is 0 Å². The second-order valence-corrected chi connectivity index (χ2v) is 7.50. The van der Waals surface area contributed by atoms with E-state index in [4.69, 9.17) is 5.26 Å². The van der Waals surface area contributed by atoms with E-state index < -0.39 is 17.9 Å². The summed E-state index contributed by atoms with van der Waals surface area (Å²) in [6, 6.07) is 2.95. The number of nitriles is 1. The summed E-state index contributed by atoms with van der Waals surface area (Å²) in [4.78, 5) is 31.3. The van der Waals surface area contributed by atoms with Gasteiger partial charge in [0.25, 0.3) is 0 Å². The highest BCUT2D eigenvalue weighted by molar-refractivity contribution is 5.96. The Morgan fingerprint density at radius 2 is 1.97 bits per heavy atom. The van der Waals surface area contributed by atoms with Crippen LogP contribution in [0.15, 0.2) is 18.3 Å². The first-order chi connectivity index (χ1) is 14.3. The van der Waals surface area contributed by atoms with E-state index in [1.807, 2.05) is 13.8 Å². The molecule has 156 valence electrons. The summed E-state index contributed by atoms with van der Waals surface area (Å²) in [5, 5.41) is 16.0. The molecule has 9 nitrogen and oxygen atoms in total. The van der Waals surface area contributed by atoms with Crippen LogP contribution >= 0.6 is 0 Å². The molecule has 1 unspecified atom stereocenters. The van der Waals surface area contributed by atoms with Gasteiger partial charge in [0.2, 0.25) is 17.8 Å². The average molecular weight is 415 g/mol. The Morgan fingerprint density at radius 1 is 1.27 bits per heavy atom. The zero-order valence-corrected chi connectivity index (χ0v) is 16.3. The Kier molecular flexibility index (Phi) is 4.85. The van der Waals surface area contributed by atoms with E-state index in [-0.39, 0.29) is 49.1 Å². The molecule has 2 aromatic rings. The molecule has 3 amide bonds. The van der Waals surface area contributed by atoms with E-state index in [1.54, 1.807) is 10.9 Å². The number of pyridine rings is 1. The third kappa shape index (κ3) is 3.34. The zero-order valence-electron chi connectivity index (χ0n) is 16.3. The highest BCUT2D eigenvalue weighted by Gasteiger charge is 2.38. The first-order valence-corrected chi connectivity index (χ1v) is 9.45. The predicted octanol–water partition coefficient (Wildman–Crippen LogP) is 2.43. The molecule has 2 aliphatic heterocycles.